The lowest BCUT2D eigenvalue weighted by molar-refractivity contribution is -0.136. The van der Waals surface area contributed by atoms with Gasteiger partial charge in [-0.3, -0.25) is 23.9 Å². The summed E-state index contributed by atoms with van der Waals surface area (Å²) in [4.78, 5) is 47.1. The van der Waals surface area contributed by atoms with Crippen LogP contribution in [-0.4, -0.2) is 43.2 Å². The van der Waals surface area contributed by atoms with Crippen LogP contribution in [0.15, 0.2) is 90.0 Å². The van der Waals surface area contributed by atoms with Crippen molar-refractivity contribution in [2.24, 2.45) is 0 Å². The summed E-state index contributed by atoms with van der Waals surface area (Å²) in [6.45, 7) is 1.58. The number of aryl methyl sites for hydroxylation is 1. The third kappa shape index (κ3) is 4.73. The van der Waals surface area contributed by atoms with Gasteiger partial charge in [0.2, 0.25) is 0 Å². The van der Waals surface area contributed by atoms with Crippen LogP contribution in [-0.2, 0) is 4.79 Å². The Kier molecular flexibility index (Phi) is 6.88. The summed E-state index contributed by atoms with van der Waals surface area (Å²) in [6, 6.07) is 21.6. The van der Waals surface area contributed by atoms with E-state index in [9.17, 15) is 19.5 Å². The molecule has 0 radical (unpaired) electrons. The number of aliphatic carboxylic acids is 1. The summed E-state index contributed by atoms with van der Waals surface area (Å²) in [6.07, 6.45) is 2.86. The zero-order valence-corrected chi connectivity index (χ0v) is 21.0. The number of amides is 1. The monoisotopic (exact) mass is 520 g/mol. The van der Waals surface area contributed by atoms with Crippen molar-refractivity contribution in [2.45, 2.75) is 13.3 Å². The number of carbonyl (C=O) groups excluding carboxylic acids is 1. The molecule has 0 saturated carbocycles. The summed E-state index contributed by atoms with van der Waals surface area (Å²) >= 11 is 0. The van der Waals surface area contributed by atoms with Gasteiger partial charge in [-0.15, -0.1) is 0 Å². The first-order valence-corrected chi connectivity index (χ1v) is 12.2. The summed E-state index contributed by atoms with van der Waals surface area (Å²) < 4.78 is 1.49. The molecule has 39 heavy (non-hydrogen) atoms. The lowest BCUT2D eigenvalue weighted by atomic mass is 9.95. The highest BCUT2D eigenvalue weighted by Gasteiger charge is 2.27. The van der Waals surface area contributed by atoms with Gasteiger partial charge in [0.15, 0.2) is 11.4 Å². The van der Waals surface area contributed by atoms with Crippen LogP contribution in [0.2, 0.25) is 0 Å². The topological polar surface area (TPSA) is 134 Å². The Hall–Kier alpha value is -5.31. The second kappa shape index (κ2) is 10.6. The van der Waals surface area contributed by atoms with E-state index in [4.69, 9.17) is 5.11 Å². The van der Waals surface area contributed by atoms with Crippen LogP contribution >= 0.6 is 0 Å². The van der Waals surface area contributed by atoms with Crippen LogP contribution in [0.25, 0.3) is 39.0 Å². The van der Waals surface area contributed by atoms with E-state index in [1.807, 2.05) is 36.4 Å². The van der Waals surface area contributed by atoms with Gasteiger partial charge in [-0.1, -0.05) is 48.5 Å². The van der Waals surface area contributed by atoms with Gasteiger partial charge in [0.05, 0.1) is 23.2 Å². The van der Waals surface area contributed by atoms with Gasteiger partial charge in [-0.05, 0) is 42.3 Å². The lowest BCUT2D eigenvalue weighted by Crippen LogP contribution is -2.28. The fraction of sp³-hybridized carbons (Fsp3) is 0.100. The van der Waals surface area contributed by atoms with Crippen LogP contribution in [0.5, 0.6) is 5.75 Å². The van der Waals surface area contributed by atoms with Crippen molar-refractivity contribution >= 4 is 22.8 Å². The summed E-state index contributed by atoms with van der Waals surface area (Å²) in [5.74, 6) is -2.22. The largest absolute Gasteiger partial charge is 0.505 e. The Morgan fingerprint density at radius 2 is 1.62 bits per heavy atom. The Balaban J connectivity index is 1.93. The fourth-order valence-corrected chi connectivity index (χ4v) is 4.64. The van der Waals surface area contributed by atoms with E-state index in [0.29, 0.717) is 33.5 Å². The maximum Gasteiger partial charge on any atom is 0.305 e. The average Bonchev–Trinajstić information content (AvgIpc) is 2.94. The normalized spacial score (nSPS) is 10.9. The number of aromatic hydroxyl groups is 1. The van der Waals surface area contributed by atoms with Gasteiger partial charge in [0.25, 0.3) is 11.5 Å². The highest BCUT2D eigenvalue weighted by Crippen LogP contribution is 2.39. The van der Waals surface area contributed by atoms with E-state index in [2.05, 4.69) is 15.3 Å². The molecule has 0 aliphatic rings. The van der Waals surface area contributed by atoms with Gasteiger partial charge in [-0.2, -0.15) is 0 Å². The molecule has 3 heterocycles. The van der Waals surface area contributed by atoms with Gasteiger partial charge >= 0.3 is 5.97 Å². The molecule has 0 unspecified atom stereocenters. The molecule has 0 atom stereocenters. The van der Waals surface area contributed by atoms with Crippen LogP contribution in [0.3, 0.4) is 0 Å². The van der Waals surface area contributed by atoms with E-state index < -0.39 is 17.6 Å². The SMILES string of the molecule is Cc1c(-c2ccccc2)c(=O)n(-c2ccccc2)c2c(-c3cccnc3)nc(C(=O)NCCC(=O)O)c(O)c12. The van der Waals surface area contributed by atoms with Crippen LogP contribution in [0.1, 0.15) is 22.5 Å². The molecule has 0 spiro atoms. The molecule has 9 heteroatoms. The lowest BCUT2D eigenvalue weighted by Gasteiger charge is -2.21. The van der Waals surface area contributed by atoms with E-state index in [1.165, 1.54) is 4.57 Å². The minimum Gasteiger partial charge on any atom is -0.505 e. The molecule has 5 aromatic rings. The number of para-hydroxylation sites is 1. The number of hydrogen-bond acceptors (Lipinski definition) is 6. The molecule has 0 aliphatic carbocycles. The highest BCUT2D eigenvalue weighted by molar-refractivity contribution is 6.08. The number of carboxylic acid groups (broad SMARTS) is 1. The molecule has 0 saturated heterocycles. The van der Waals surface area contributed by atoms with Crippen LogP contribution in [0, 0.1) is 6.92 Å². The molecule has 9 nitrogen and oxygen atoms in total. The third-order valence-electron chi connectivity index (χ3n) is 6.39. The first-order valence-electron chi connectivity index (χ1n) is 12.2. The Morgan fingerprint density at radius 1 is 0.949 bits per heavy atom. The summed E-state index contributed by atoms with van der Waals surface area (Å²) in [5, 5.41) is 23.3. The van der Waals surface area contributed by atoms with Gasteiger partial charge in [0.1, 0.15) is 0 Å². The standard InChI is InChI=1S/C30H24N4O5/c1-18-23(19-9-4-2-5-10-19)30(39)34(21-12-6-3-7-13-21)27-24(18)28(37)26(29(38)32-16-14-22(35)36)33-25(27)20-11-8-15-31-17-20/h2-13,15,17,37H,14,16H2,1H3,(H,32,38)(H,35,36). The maximum atomic E-state index is 14.2. The smallest absolute Gasteiger partial charge is 0.305 e. The van der Waals surface area contributed by atoms with Crippen molar-refractivity contribution in [2.75, 3.05) is 6.54 Å². The molecule has 2 aromatic carbocycles. The number of nitrogens with one attached hydrogen (secondary N) is 1. The van der Waals surface area contributed by atoms with Crippen LogP contribution in [0.4, 0.5) is 0 Å². The molecular formula is C30H24N4O5. The molecule has 3 N–H and O–H groups in total. The molecule has 1 amide bonds. The van der Waals surface area contributed by atoms with Crippen molar-refractivity contribution in [3.8, 4) is 33.8 Å². The number of hydrogen-bond donors (Lipinski definition) is 3. The van der Waals surface area contributed by atoms with Gasteiger partial charge in [0, 0.05) is 35.6 Å². The molecule has 194 valence electrons. The zero-order valence-electron chi connectivity index (χ0n) is 21.0. The minimum absolute atomic E-state index is 0.146. The quantitative estimate of drug-likeness (QED) is 0.291. The summed E-state index contributed by atoms with van der Waals surface area (Å²) in [5.41, 5.74) is 2.54. The van der Waals surface area contributed by atoms with Gasteiger partial charge in [-0.25, -0.2) is 4.98 Å². The second-order valence-corrected chi connectivity index (χ2v) is 8.86. The number of aromatic nitrogens is 3. The van der Waals surface area contributed by atoms with E-state index in [-0.39, 0.29) is 35.3 Å². The number of carbonyl (C=O) groups is 2. The van der Waals surface area contributed by atoms with E-state index in [1.54, 1.807) is 55.7 Å². The predicted molar refractivity (Wildman–Crippen MR) is 147 cm³/mol. The first-order chi connectivity index (χ1) is 18.9. The second-order valence-electron chi connectivity index (χ2n) is 8.86. The Labute approximate surface area is 223 Å². The molecule has 3 aromatic heterocycles. The van der Waals surface area contributed by atoms with Crippen LogP contribution < -0.4 is 10.9 Å². The molecule has 0 aliphatic heterocycles. The van der Waals surface area contributed by atoms with Crippen molar-refractivity contribution in [1.82, 2.24) is 19.9 Å². The van der Waals surface area contributed by atoms with Gasteiger partial charge < -0.3 is 15.5 Å². The zero-order chi connectivity index (χ0) is 27.5. The van der Waals surface area contributed by atoms with Crippen molar-refractivity contribution in [1.29, 1.82) is 0 Å². The summed E-state index contributed by atoms with van der Waals surface area (Å²) in [7, 11) is 0. The minimum atomic E-state index is -1.07. The highest BCUT2D eigenvalue weighted by atomic mass is 16.4. The number of nitrogens with zero attached hydrogens (tertiary/aromatic N) is 3. The molecule has 5 rings (SSSR count). The number of rotatable bonds is 7. The molecule has 0 bridgehead atoms. The number of fused-ring (bicyclic) bond motifs is 1. The Morgan fingerprint density at radius 3 is 2.26 bits per heavy atom. The number of benzene rings is 2. The first kappa shape index (κ1) is 25.3. The van der Waals surface area contributed by atoms with E-state index in [0.717, 1.165) is 0 Å². The molecule has 0 fully saturated rings. The average molecular weight is 521 g/mol. The molecular weight excluding hydrogens is 496 g/mol. The number of carboxylic acids is 1. The maximum absolute atomic E-state index is 14.2. The fourth-order valence-electron chi connectivity index (χ4n) is 4.64. The van der Waals surface area contributed by atoms with Crippen molar-refractivity contribution in [3.63, 3.8) is 0 Å². The van der Waals surface area contributed by atoms with Crippen molar-refractivity contribution in [3.05, 3.63) is 107 Å². The Bertz CT molecular complexity index is 1750. The third-order valence-corrected chi connectivity index (χ3v) is 6.39. The predicted octanol–water partition coefficient (Wildman–Crippen LogP) is 4.33. The number of pyridine rings is 3. The van der Waals surface area contributed by atoms with Crippen molar-refractivity contribution < 1.29 is 19.8 Å². The van der Waals surface area contributed by atoms with E-state index >= 15 is 0 Å².